The zero-order chi connectivity index (χ0) is 11.4. The summed E-state index contributed by atoms with van der Waals surface area (Å²) in [6.07, 6.45) is 4.77. The van der Waals surface area contributed by atoms with Crippen molar-refractivity contribution in [1.29, 1.82) is 0 Å². The number of nitrogens with two attached hydrogens (primary N) is 1. The molecular weight excluding hydrogens is 204 g/mol. The summed E-state index contributed by atoms with van der Waals surface area (Å²) in [7, 11) is 0. The Morgan fingerprint density at radius 2 is 2.19 bits per heavy atom. The standard InChI is InChI=1S/C11H12N4O/c1-8(10-4-6-14-11(12)15-10)16-9-3-2-5-13-7-9/h2-8H,1H3,(H2,12,14,15). The van der Waals surface area contributed by atoms with Crippen LogP contribution in [-0.4, -0.2) is 15.0 Å². The van der Waals surface area contributed by atoms with Crippen molar-refractivity contribution < 1.29 is 4.74 Å². The summed E-state index contributed by atoms with van der Waals surface area (Å²) in [4.78, 5) is 11.9. The number of ether oxygens (including phenoxy) is 1. The molecule has 0 spiro atoms. The number of hydrogen-bond acceptors (Lipinski definition) is 5. The van der Waals surface area contributed by atoms with E-state index in [0.29, 0.717) is 5.75 Å². The van der Waals surface area contributed by atoms with Gasteiger partial charge in [-0.3, -0.25) is 4.98 Å². The first kappa shape index (κ1) is 10.4. The lowest BCUT2D eigenvalue weighted by Gasteiger charge is -2.13. The lowest BCUT2D eigenvalue weighted by atomic mass is 10.3. The van der Waals surface area contributed by atoms with Gasteiger partial charge < -0.3 is 10.5 Å². The highest BCUT2D eigenvalue weighted by Gasteiger charge is 2.09. The van der Waals surface area contributed by atoms with Gasteiger partial charge in [0.15, 0.2) is 0 Å². The zero-order valence-corrected chi connectivity index (χ0v) is 8.87. The first-order chi connectivity index (χ1) is 7.75. The highest BCUT2D eigenvalue weighted by molar-refractivity contribution is 5.21. The van der Waals surface area contributed by atoms with Gasteiger partial charge in [0.2, 0.25) is 5.95 Å². The third-order valence-electron chi connectivity index (χ3n) is 2.06. The Balaban J connectivity index is 2.12. The summed E-state index contributed by atoms with van der Waals surface area (Å²) >= 11 is 0. The summed E-state index contributed by atoms with van der Waals surface area (Å²) in [6.45, 7) is 1.90. The summed E-state index contributed by atoms with van der Waals surface area (Å²) in [5.41, 5.74) is 6.25. The fourth-order valence-corrected chi connectivity index (χ4v) is 1.30. The van der Waals surface area contributed by atoms with E-state index in [2.05, 4.69) is 15.0 Å². The van der Waals surface area contributed by atoms with Crippen molar-refractivity contribution in [3.05, 3.63) is 42.5 Å². The van der Waals surface area contributed by atoms with Gasteiger partial charge >= 0.3 is 0 Å². The SMILES string of the molecule is CC(Oc1cccnc1)c1ccnc(N)n1. The van der Waals surface area contributed by atoms with Crippen LogP contribution in [0.25, 0.3) is 0 Å². The second-order valence-electron chi connectivity index (χ2n) is 3.29. The van der Waals surface area contributed by atoms with E-state index < -0.39 is 0 Å². The zero-order valence-electron chi connectivity index (χ0n) is 8.87. The number of nitrogen functional groups attached to an aromatic ring is 1. The van der Waals surface area contributed by atoms with Crippen LogP contribution in [0.2, 0.25) is 0 Å². The Hall–Kier alpha value is -2.17. The predicted molar refractivity (Wildman–Crippen MR) is 59.7 cm³/mol. The Morgan fingerprint density at radius 3 is 2.88 bits per heavy atom. The average Bonchev–Trinajstić information content (AvgIpc) is 2.30. The molecule has 2 heterocycles. The van der Waals surface area contributed by atoms with E-state index in [9.17, 15) is 0 Å². The maximum absolute atomic E-state index is 5.65. The monoisotopic (exact) mass is 216 g/mol. The Morgan fingerprint density at radius 1 is 1.31 bits per heavy atom. The van der Waals surface area contributed by atoms with Crippen LogP contribution in [0.3, 0.4) is 0 Å². The quantitative estimate of drug-likeness (QED) is 0.843. The number of hydrogen-bond donors (Lipinski definition) is 1. The second kappa shape index (κ2) is 4.57. The number of nitrogens with zero attached hydrogens (tertiary/aromatic N) is 3. The van der Waals surface area contributed by atoms with E-state index in [1.165, 1.54) is 0 Å². The number of anilines is 1. The van der Waals surface area contributed by atoms with Crippen molar-refractivity contribution in [3.63, 3.8) is 0 Å². The van der Waals surface area contributed by atoms with Crippen LogP contribution >= 0.6 is 0 Å². The smallest absolute Gasteiger partial charge is 0.220 e. The van der Waals surface area contributed by atoms with Gasteiger partial charge in [-0.25, -0.2) is 9.97 Å². The topological polar surface area (TPSA) is 73.9 Å². The fourth-order valence-electron chi connectivity index (χ4n) is 1.30. The molecule has 0 bridgehead atoms. The molecule has 2 rings (SSSR count). The van der Waals surface area contributed by atoms with Crippen molar-refractivity contribution in [2.45, 2.75) is 13.0 Å². The van der Waals surface area contributed by atoms with Crippen molar-refractivity contribution >= 4 is 5.95 Å². The van der Waals surface area contributed by atoms with E-state index in [1.807, 2.05) is 19.1 Å². The van der Waals surface area contributed by atoms with Gasteiger partial charge in [-0.1, -0.05) is 0 Å². The lowest BCUT2D eigenvalue weighted by Crippen LogP contribution is -2.07. The summed E-state index contributed by atoms with van der Waals surface area (Å²) < 4.78 is 5.65. The summed E-state index contributed by atoms with van der Waals surface area (Å²) in [5, 5.41) is 0. The minimum atomic E-state index is -0.186. The third kappa shape index (κ3) is 2.44. The number of aromatic nitrogens is 3. The van der Waals surface area contributed by atoms with Gasteiger partial charge in [-0.05, 0) is 25.1 Å². The number of pyridine rings is 1. The fraction of sp³-hybridized carbons (Fsp3) is 0.182. The van der Waals surface area contributed by atoms with E-state index in [0.717, 1.165) is 5.69 Å². The molecule has 0 aliphatic carbocycles. The molecule has 0 aliphatic rings. The molecule has 0 fully saturated rings. The molecule has 2 aromatic heterocycles. The van der Waals surface area contributed by atoms with Gasteiger partial charge in [-0.2, -0.15) is 0 Å². The summed E-state index contributed by atoms with van der Waals surface area (Å²) in [6, 6.07) is 5.43. The average molecular weight is 216 g/mol. The molecule has 1 atom stereocenters. The van der Waals surface area contributed by atoms with E-state index in [4.69, 9.17) is 10.5 Å². The predicted octanol–water partition coefficient (Wildman–Crippen LogP) is 1.59. The molecular formula is C11H12N4O. The van der Waals surface area contributed by atoms with E-state index in [1.54, 1.807) is 24.7 Å². The minimum Gasteiger partial charge on any atom is -0.483 e. The molecule has 1 unspecified atom stereocenters. The Bertz CT molecular complexity index is 461. The Kier molecular flexibility index (Phi) is 2.95. The molecule has 0 aromatic carbocycles. The van der Waals surface area contributed by atoms with Crippen LogP contribution in [0, 0.1) is 0 Å². The maximum Gasteiger partial charge on any atom is 0.220 e. The normalized spacial score (nSPS) is 12.1. The molecule has 2 N–H and O–H groups in total. The molecule has 82 valence electrons. The first-order valence-electron chi connectivity index (χ1n) is 4.91. The van der Waals surface area contributed by atoms with Gasteiger partial charge in [0, 0.05) is 12.4 Å². The molecule has 5 nitrogen and oxygen atoms in total. The third-order valence-corrected chi connectivity index (χ3v) is 2.06. The first-order valence-corrected chi connectivity index (χ1v) is 4.91. The van der Waals surface area contributed by atoms with Crippen molar-refractivity contribution in [2.24, 2.45) is 0 Å². The molecule has 16 heavy (non-hydrogen) atoms. The van der Waals surface area contributed by atoms with Crippen LogP contribution in [0.15, 0.2) is 36.8 Å². The molecule has 2 aromatic rings. The summed E-state index contributed by atoms with van der Waals surface area (Å²) in [5.74, 6) is 0.950. The highest BCUT2D eigenvalue weighted by atomic mass is 16.5. The Labute approximate surface area is 93.3 Å². The second-order valence-corrected chi connectivity index (χ2v) is 3.29. The largest absolute Gasteiger partial charge is 0.483 e. The lowest BCUT2D eigenvalue weighted by molar-refractivity contribution is 0.221. The van der Waals surface area contributed by atoms with Gasteiger partial charge in [-0.15, -0.1) is 0 Å². The van der Waals surface area contributed by atoms with Crippen LogP contribution < -0.4 is 10.5 Å². The van der Waals surface area contributed by atoms with Gasteiger partial charge in [0.05, 0.1) is 11.9 Å². The van der Waals surface area contributed by atoms with Crippen LogP contribution in [-0.2, 0) is 0 Å². The van der Waals surface area contributed by atoms with E-state index in [-0.39, 0.29) is 12.1 Å². The molecule has 0 saturated heterocycles. The van der Waals surface area contributed by atoms with Crippen LogP contribution in [0.5, 0.6) is 5.75 Å². The van der Waals surface area contributed by atoms with Crippen LogP contribution in [0.4, 0.5) is 5.95 Å². The van der Waals surface area contributed by atoms with Crippen molar-refractivity contribution in [1.82, 2.24) is 15.0 Å². The minimum absolute atomic E-state index is 0.186. The van der Waals surface area contributed by atoms with E-state index >= 15 is 0 Å². The number of rotatable bonds is 3. The van der Waals surface area contributed by atoms with Crippen LogP contribution in [0.1, 0.15) is 18.7 Å². The van der Waals surface area contributed by atoms with Gasteiger partial charge in [0.1, 0.15) is 11.9 Å². The maximum atomic E-state index is 5.65. The molecule has 0 radical (unpaired) electrons. The van der Waals surface area contributed by atoms with Crippen molar-refractivity contribution in [3.8, 4) is 5.75 Å². The molecule has 0 amide bonds. The highest BCUT2D eigenvalue weighted by Crippen LogP contribution is 2.18. The molecule has 5 heteroatoms. The van der Waals surface area contributed by atoms with Crippen molar-refractivity contribution in [2.75, 3.05) is 5.73 Å². The van der Waals surface area contributed by atoms with Gasteiger partial charge in [0.25, 0.3) is 0 Å². The molecule has 0 aliphatic heterocycles. The molecule has 0 saturated carbocycles.